The van der Waals surface area contributed by atoms with E-state index in [9.17, 15) is 15.0 Å². The lowest BCUT2D eigenvalue weighted by Gasteiger charge is -2.37. The fourth-order valence-corrected chi connectivity index (χ4v) is 3.27. The Bertz CT molecular complexity index is 697. The number of aliphatic hydroxyl groups is 1. The number of hydrogen-bond acceptors (Lipinski definition) is 3. The van der Waals surface area contributed by atoms with Gasteiger partial charge in [-0.3, -0.25) is 4.90 Å². The van der Waals surface area contributed by atoms with Gasteiger partial charge in [0.25, 0.3) is 0 Å². The molecule has 2 aromatic rings. The summed E-state index contributed by atoms with van der Waals surface area (Å²) in [5.74, 6) is -1.00. The van der Waals surface area contributed by atoms with E-state index < -0.39 is 11.6 Å². The molecule has 0 radical (unpaired) electrons. The third kappa shape index (κ3) is 3.28. The SMILES string of the molecule is CC(O)(CN1Cc2ccccc2C(c2ccccc2)C1)C(=O)O. The lowest BCUT2D eigenvalue weighted by Crippen LogP contribution is -2.48. The van der Waals surface area contributed by atoms with E-state index in [-0.39, 0.29) is 12.5 Å². The summed E-state index contributed by atoms with van der Waals surface area (Å²) in [4.78, 5) is 13.2. The van der Waals surface area contributed by atoms with Crippen molar-refractivity contribution in [3.63, 3.8) is 0 Å². The number of fused-ring (bicyclic) bond motifs is 1. The van der Waals surface area contributed by atoms with Gasteiger partial charge < -0.3 is 10.2 Å². The van der Waals surface area contributed by atoms with E-state index in [2.05, 4.69) is 24.3 Å². The Morgan fingerprint density at radius 1 is 1.17 bits per heavy atom. The molecule has 23 heavy (non-hydrogen) atoms. The molecule has 2 N–H and O–H groups in total. The predicted octanol–water partition coefficient (Wildman–Crippen LogP) is 2.47. The number of aliphatic carboxylic acids is 1. The average Bonchev–Trinajstić information content (AvgIpc) is 2.54. The van der Waals surface area contributed by atoms with Crippen LogP contribution in [0.4, 0.5) is 0 Å². The summed E-state index contributed by atoms with van der Waals surface area (Å²) >= 11 is 0. The van der Waals surface area contributed by atoms with Crippen LogP contribution in [0.5, 0.6) is 0 Å². The first-order valence-corrected chi connectivity index (χ1v) is 7.78. The minimum atomic E-state index is -1.74. The number of carboxylic acids is 1. The molecular formula is C19H21NO3. The summed E-state index contributed by atoms with van der Waals surface area (Å²) in [6, 6.07) is 18.5. The van der Waals surface area contributed by atoms with Crippen molar-refractivity contribution < 1.29 is 15.0 Å². The van der Waals surface area contributed by atoms with Crippen LogP contribution in [0, 0.1) is 0 Å². The minimum absolute atomic E-state index is 0.111. The lowest BCUT2D eigenvalue weighted by atomic mass is 9.84. The molecule has 0 bridgehead atoms. The molecule has 120 valence electrons. The van der Waals surface area contributed by atoms with Gasteiger partial charge in [0.05, 0.1) is 0 Å². The quantitative estimate of drug-likeness (QED) is 0.910. The normalized spacial score (nSPS) is 20.5. The summed E-state index contributed by atoms with van der Waals surface area (Å²) in [5.41, 5.74) is 1.94. The summed E-state index contributed by atoms with van der Waals surface area (Å²) in [7, 11) is 0. The van der Waals surface area contributed by atoms with E-state index in [1.54, 1.807) is 0 Å². The summed E-state index contributed by atoms with van der Waals surface area (Å²) in [6.07, 6.45) is 0. The van der Waals surface area contributed by atoms with Crippen LogP contribution in [0.15, 0.2) is 54.6 Å². The molecule has 1 aliphatic heterocycles. The van der Waals surface area contributed by atoms with E-state index in [1.165, 1.54) is 23.6 Å². The van der Waals surface area contributed by atoms with Gasteiger partial charge in [0.15, 0.2) is 5.60 Å². The number of carbonyl (C=O) groups is 1. The molecule has 4 nitrogen and oxygen atoms in total. The number of rotatable bonds is 4. The van der Waals surface area contributed by atoms with Crippen LogP contribution >= 0.6 is 0 Å². The summed E-state index contributed by atoms with van der Waals surface area (Å²) in [6.45, 7) is 2.82. The molecule has 0 amide bonds. The first kappa shape index (κ1) is 15.7. The maximum atomic E-state index is 11.2. The van der Waals surface area contributed by atoms with Gasteiger partial charge in [-0.1, -0.05) is 54.6 Å². The summed E-state index contributed by atoms with van der Waals surface area (Å²) in [5, 5.41) is 19.3. The molecule has 4 heteroatoms. The molecule has 2 unspecified atom stereocenters. The van der Waals surface area contributed by atoms with E-state index in [4.69, 9.17) is 0 Å². The van der Waals surface area contributed by atoms with Crippen LogP contribution in [0.25, 0.3) is 0 Å². The standard InChI is InChI=1S/C19H21NO3/c1-19(23,18(21)22)13-20-11-15-9-5-6-10-16(15)17(12-20)14-7-3-2-4-8-14/h2-10,17,23H,11-13H2,1H3,(H,21,22). The van der Waals surface area contributed by atoms with Gasteiger partial charge in [0.2, 0.25) is 0 Å². The zero-order valence-electron chi connectivity index (χ0n) is 13.1. The van der Waals surface area contributed by atoms with Gasteiger partial charge in [0.1, 0.15) is 0 Å². The van der Waals surface area contributed by atoms with Crippen molar-refractivity contribution in [2.45, 2.75) is 25.0 Å². The Kier molecular flexibility index (Phi) is 4.20. The maximum Gasteiger partial charge on any atom is 0.336 e. The van der Waals surface area contributed by atoms with Crippen molar-refractivity contribution >= 4 is 5.97 Å². The lowest BCUT2D eigenvalue weighted by molar-refractivity contribution is -0.158. The first-order chi connectivity index (χ1) is 11.0. The molecular weight excluding hydrogens is 290 g/mol. The number of β-amino-alcohol motifs (C(OH)–C–C–N with tert-alkyl or cyclic N) is 1. The van der Waals surface area contributed by atoms with Crippen LogP contribution < -0.4 is 0 Å². The molecule has 0 saturated heterocycles. The zero-order valence-corrected chi connectivity index (χ0v) is 13.1. The maximum absolute atomic E-state index is 11.2. The fourth-order valence-electron chi connectivity index (χ4n) is 3.27. The van der Waals surface area contributed by atoms with E-state index in [1.807, 2.05) is 35.2 Å². The Hall–Kier alpha value is -2.17. The van der Waals surface area contributed by atoms with Crippen molar-refractivity contribution in [2.24, 2.45) is 0 Å². The zero-order chi connectivity index (χ0) is 16.4. The van der Waals surface area contributed by atoms with Gasteiger partial charge in [0, 0.05) is 25.6 Å². The largest absolute Gasteiger partial charge is 0.479 e. The molecule has 0 aromatic heterocycles. The first-order valence-electron chi connectivity index (χ1n) is 7.78. The molecule has 0 spiro atoms. The highest BCUT2D eigenvalue weighted by molar-refractivity contribution is 5.76. The Morgan fingerprint density at radius 2 is 1.83 bits per heavy atom. The van der Waals surface area contributed by atoms with E-state index >= 15 is 0 Å². The van der Waals surface area contributed by atoms with Crippen molar-refractivity contribution in [3.05, 3.63) is 71.3 Å². The molecule has 2 aromatic carbocycles. The van der Waals surface area contributed by atoms with E-state index in [0.717, 1.165) is 0 Å². The molecule has 2 atom stereocenters. The highest BCUT2D eigenvalue weighted by atomic mass is 16.4. The molecule has 1 aliphatic rings. The minimum Gasteiger partial charge on any atom is -0.479 e. The van der Waals surface area contributed by atoms with Crippen LogP contribution in [0.3, 0.4) is 0 Å². The number of nitrogens with zero attached hydrogens (tertiary/aromatic N) is 1. The number of benzene rings is 2. The molecule has 0 aliphatic carbocycles. The average molecular weight is 311 g/mol. The van der Waals surface area contributed by atoms with Crippen molar-refractivity contribution in [3.8, 4) is 0 Å². The monoisotopic (exact) mass is 311 g/mol. The topological polar surface area (TPSA) is 60.8 Å². The van der Waals surface area contributed by atoms with Crippen LogP contribution in [-0.2, 0) is 11.3 Å². The van der Waals surface area contributed by atoms with Gasteiger partial charge in [-0.05, 0) is 23.6 Å². The smallest absolute Gasteiger partial charge is 0.336 e. The van der Waals surface area contributed by atoms with Crippen LogP contribution in [0.2, 0.25) is 0 Å². The Morgan fingerprint density at radius 3 is 2.52 bits per heavy atom. The fraction of sp³-hybridized carbons (Fsp3) is 0.316. The van der Waals surface area contributed by atoms with Gasteiger partial charge in [-0.15, -0.1) is 0 Å². The second-order valence-corrected chi connectivity index (χ2v) is 6.41. The second kappa shape index (κ2) is 6.14. The molecule has 3 rings (SSSR count). The van der Waals surface area contributed by atoms with Crippen molar-refractivity contribution in [1.29, 1.82) is 0 Å². The Balaban J connectivity index is 1.92. The third-order valence-corrected chi connectivity index (χ3v) is 4.46. The third-order valence-electron chi connectivity index (χ3n) is 4.46. The van der Waals surface area contributed by atoms with Gasteiger partial charge >= 0.3 is 5.97 Å². The molecule has 0 fully saturated rings. The van der Waals surface area contributed by atoms with Crippen LogP contribution in [-0.4, -0.2) is 39.8 Å². The second-order valence-electron chi connectivity index (χ2n) is 6.41. The summed E-state index contributed by atoms with van der Waals surface area (Å²) < 4.78 is 0. The van der Waals surface area contributed by atoms with Crippen molar-refractivity contribution in [2.75, 3.05) is 13.1 Å². The molecule has 1 heterocycles. The van der Waals surface area contributed by atoms with E-state index in [0.29, 0.717) is 13.1 Å². The molecule has 0 saturated carbocycles. The highest BCUT2D eigenvalue weighted by Crippen LogP contribution is 2.33. The van der Waals surface area contributed by atoms with Gasteiger partial charge in [-0.25, -0.2) is 4.79 Å². The van der Waals surface area contributed by atoms with Crippen molar-refractivity contribution in [1.82, 2.24) is 4.90 Å². The Labute approximate surface area is 136 Å². The number of hydrogen-bond donors (Lipinski definition) is 2. The predicted molar refractivity (Wildman–Crippen MR) is 88.3 cm³/mol. The number of carboxylic acid groups (broad SMARTS) is 1. The van der Waals surface area contributed by atoms with Crippen LogP contribution in [0.1, 0.15) is 29.5 Å². The van der Waals surface area contributed by atoms with Gasteiger partial charge in [-0.2, -0.15) is 0 Å². The highest BCUT2D eigenvalue weighted by Gasteiger charge is 2.35.